The van der Waals surface area contributed by atoms with Crippen molar-refractivity contribution < 1.29 is 9.53 Å². The van der Waals surface area contributed by atoms with E-state index in [-0.39, 0.29) is 5.97 Å². The number of ether oxygens (including phenoxy) is 1. The van der Waals surface area contributed by atoms with Crippen LogP contribution in [0.4, 0.5) is 0 Å². The molecule has 0 aromatic heterocycles. The lowest BCUT2D eigenvalue weighted by Crippen LogP contribution is -2.40. The Labute approximate surface area is 90.3 Å². The van der Waals surface area contributed by atoms with Crippen LogP contribution in [0.3, 0.4) is 0 Å². The van der Waals surface area contributed by atoms with Crippen LogP contribution in [-0.4, -0.2) is 38.7 Å². The first-order valence-corrected chi connectivity index (χ1v) is 5.21. The van der Waals surface area contributed by atoms with Crippen LogP contribution in [0.5, 0.6) is 0 Å². The van der Waals surface area contributed by atoms with Gasteiger partial charge in [-0.25, -0.2) is 0 Å². The van der Waals surface area contributed by atoms with Crippen molar-refractivity contribution in [2.24, 2.45) is 10.9 Å². The van der Waals surface area contributed by atoms with Gasteiger partial charge in [0.15, 0.2) is 5.96 Å². The second-order valence-corrected chi connectivity index (χ2v) is 3.79. The molecular weight excluding hydrogens is 194 g/mol. The Morgan fingerprint density at radius 2 is 2.27 bits per heavy atom. The molecule has 0 aliphatic heterocycles. The van der Waals surface area contributed by atoms with E-state index in [1.54, 1.807) is 7.05 Å². The van der Waals surface area contributed by atoms with Gasteiger partial charge >= 0.3 is 5.97 Å². The van der Waals surface area contributed by atoms with E-state index in [1.165, 1.54) is 13.5 Å². The van der Waals surface area contributed by atoms with Gasteiger partial charge in [-0.05, 0) is 12.3 Å². The third-order valence-corrected chi connectivity index (χ3v) is 2.50. The van der Waals surface area contributed by atoms with Gasteiger partial charge in [-0.15, -0.1) is 0 Å². The summed E-state index contributed by atoms with van der Waals surface area (Å²) in [5.41, 5.74) is 0. The molecule has 0 heterocycles. The lowest BCUT2D eigenvalue weighted by atomic mass is 10.4. The maximum Gasteiger partial charge on any atom is 0.307 e. The van der Waals surface area contributed by atoms with Crippen LogP contribution in [0.25, 0.3) is 0 Å². The van der Waals surface area contributed by atoms with Crippen molar-refractivity contribution in [2.75, 3.05) is 20.7 Å². The summed E-state index contributed by atoms with van der Waals surface area (Å²) in [5, 5.41) is 6.33. The molecule has 15 heavy (non-hydrogen) atoms. The van der Waals surface area contributed by atoms with Crippen LogP contribution >= 0.6 is 0 Å². The number of nitrogens with zero attached hydrogens (tertiary/aromatic N) is 1. The van der Waals surface area contributed by atoms with E-state index in [0.717, 1.165) is 11.9 Å². The highest BCUT2D eigenvalue weighted by Crippen LogP contribution is 2.28. The van der Waals surface area contributed by atoms with Crippen molar-refractivity contribution in [3.8, 4) is 0 Å². The number of hydrogen-bond donors (Lipinski definition) is 2. The third kappa shape index (κ3) is 4.18. The van der Waals surface area contributed by atoms with Gasteiger partial charge in [0.05, 0.1) is 13.5 Å². The highest BCUT2D eigenvalue weighted by atomic mass is 16.5. The van der Waals surface area contributed by atoms with Crippen molar-refractivity contribution in [1.29, 1.82) is 0 Å². The minimum Gasteiger partial charge on any atom is -0.469 e. The maximum atomic E-state index is 10.8. The first-order chi connectivity index (χ1) is 7.17. The molecule has 86 valence electrons. The molecule has 5 heteroatoms. The van der Waals surface area contributed by atoms with E-state index >= 15 is 0 Å². The molecule has 0 amide bonds. The molecule has 0 aromatic carbocycles. The van der Waals surface area contributed by atoms with Gasteiger partial charge in [0.25, 0.3) is 0 Å². The zero-order valence-corrected chi connectivity index (χ0v) is 9.54. The van der Waals surface area contributed by atoms with E-state index < -0.39 is 0 Å². The predicted octanol–water partition coefficient (Wildman–Crippen LogP) is 0.123. The quantitative estimate of drug-likeness (QED) is 0.395. The topological polar surface area (TPSA) is 62.7 Å². The van der Waals surface area contributed by atoms with E-state index in [2.05, 4.69) is 27.3 Å². The van der Waals surface area contributed by atoms with Gasteiger partial charge in [-0.3, -0.25) is 9.79 Å². The van der Waals surface area contributed by atoms with E-state index in [1.807, 2.05) is 0 Å². The molecule has 2 atom stereocenters. The summed E-state index contributed by atoms with van der Waals surface area (Å²) in [6, 6.07) is 0.536. The molecule has 1 aliphatic rings. The van der Waals surface area contributed by atoms with Gasteiger partial charge in [0.2, 0.25) is 0 Å². The summed E-state index contributed by atoms with van der Waals surface area (Å²) in [6.07, 6.45) is 1.55. The molecule has 2 unspecified atom stereocenters. The zero-order chi connectivity index (χ0) is 11.3. The summed E-state index contributed by atoms with van der Waals surface area (Å²) in [7, 11) is 3.11. The van der Waals surface area contributed by atoms with Gasteiger partial charge in [-0.2, -0.15) is 0 Å². The zero-order valence-electron chi connectivity index (χ0n) is 9.54. The first kappa shape index (κ1) is 11.8. The summed E-state index contributed by atoms with van der Waals surface area (Å²) in [6.45, 7) is 2.74. The van der Waals surface area contributed by atoms with Crippen LogP contribution < -0.4 is 10.6 Å². The number of hydrogen-bond acceptors (Lipinski definition) is 3. The molecule has 1 fully saturated rings. The fraction of sp³-hybridized carbons (Fsp3) is 0.800. The monoisotopic (exact) mass is 213 g/mol. The predicted molar refractivity (Wildman–Crippen MR) is 58.7 cm³/mol. The summed E-state index contributed by atoms with van der Waals surface area (Å²) < 4.78 is 4.54. The minimum absolute atomic E-state index is 0.210. The maximum absolute atomic E-state index is 10.8. The molecule has 1 aliphatic carbocycles. The SMILES string of the molecule is CN=C(NCCC(=O)OC)NC1CC1C. The Morgan fingerprint density at radius 3 is 2.73 bits per heavy atom. The Balaban J connectivity index is 2.14. The number of carbonyl (C=O) groups excluding carboxylic acids is 1. The summed E-state index contributed by atoms with van der Waals surface area (Å²) in [4.78, 5) is 14.9. The first-order valence-electron chi connectivity index (χ1n) is 5.21. The summed E-state index contributed by atoms with van der Waals surface area (Å²) >= 11 is 0. The van der Waals surface area contributed by atoms with E-state index in [0.29, 0.717) is 19.0 Å². The third-order valence-electron chi connectivity index (χ3n) is 2.50. The van der Waals surface area contributed by atoms with Crippen LogP contribution in [0.2, 0.25) is 0 Å². The number of carbonyl (C=O) groups is 1. The number of guanidine groups is 1. The molecule has 0 bridgehead atoms. The Hall–Kier alpha value is -1.26. The number of esters is 1. The molecular formula is C10H19N3O2. The highest BCUT2D eigenvalue weighted by molar-refractivity contribution is 5.81. The van der Waals surface area contributed by atoms with Crippen molar-refractivity contribution >= 4 is 11.9 Å². The fourth-order valence-electron chi connectivity index (χ4n) is 1.28. The molecule has 1 rings (SSSR count). The van der Waals surface area contributed by atoms with Crippen molar-refractivity contribution in [1.82, 2.24) is 10.6 Å². The van der Waals surface area contributed by atoms with Crippen LogP contribution in [0, 0.1) is 5.92 Å². The number of rotatable bonds is 4. The van der Waals surface area contributed by atoms with Crippen LogP contribution in [0.1, 0.15) is 19.8 Å². The average molecular weight is 213 g/mol. The summed E-state index contributed by atoms with van der Waals surface area (Å²) in [5.74, 6) is 1.27. The van der Waals surface area contributed by atoms with Crippen molar-refractivity contribution in [3.05, 3.63) is 0 Å². The Morgan fingerprint density at radius 1 is 1.60 bits per heavy atom. The van der Waals surface area contributed by atoms with Crippen LogP contribution in [-0.2, 0) is 9.53 Å². The molecule has 1 saturated carbocycles. The van der Waals surface area contributed by atoms with Crippen LogP contribution in [0.15, 0.2) is 4.99 Å². The molecule has 0 radical (unpaired) electrons. The Kier molecular flexibility index (Phi) is 4.39. The minimum atomic E-state index is -0.210. The normalized spacial score (nSPS) is 24.6. The van der Waals surface area contributed by atoms with Gasteiger partial charge in [0, 0.05) is 19.6 Å². The van der Waals surface area contributed by atoms with Gasteiger partial charge in [-0.1, -0.05) is 6.92 Å². The second-order valence-electron chi connectivity index (χ2n) is 3.79. The molecule has 5 nitrogen and oxygen atoms in total. The number of methoxy groups -OCH3 is 1. The lowest BCUT2D eigenvalue weighted by molar-refractivity contribution is -0.140. The number of nitrogens with one attached hydrogen (secondary N) is 2. The smallest absolute Gasteiger partial charge is 0.307 e. The largest absolute Gasteiger partial charge is 0.469 e. The molecule has 0 aromatic rings. The van der Waals surface area contributed by atoms with Crippen molar-refractivity contribution in [2.45, 2.75) is 25.8 Å². The lowest BCUT2D eigenvalue weighted by Gasteiger charge is -2.10. The second kappa shape index (κ2) is 5.58. The molecule has 2 N–H and O–H groups in total. The van der Waals surface area contributed by atoms with E-state index in [4.69, 9.17) is 0 Å². The van der Waals surface area contributed by atoms with Crippen molar-refractivity contribution in [3.63, 3.8) is 0 Å². The fourth-order valence-corrected chi connectivity index (χ4v) is 1.28. The van der Waals surface area contributed by atoms with E-state index in [9.17, 15) is 4.79 Å². The molecule has 0 spiro atoms. The Bertz CT molecular complexity index is 253. The molecule has 0 saturated heterocycles. The average Bonchev–Trinajstić information content (AvgIpc) is 2.92. The highest BCUT2D eigenvalue weighted by Gasteiger charge is 2.33. The standard InChI is InChI=1S/C10H19N3O2/c1-7-6-8(7)13-10(11-2)12-5-4-9(14)15-3/h7-8H,4-6H2,1-3H3,(H2,11,12,13). The van der Waals surface area contributed by atoms with Gasteiger partial charge in [0.1, 0.15) is 0 Å². The van der Waals surface area contributed by atoms with Gasteiger partial charge < -0.3 is 15.4 Å². The number of aliphatic imine (C=N–C) groups is 1.